The summed E-state index contributed by atoms with van der Waals surface area (Å²) in [4.78, 5) is 26.5. The summed E-state index contributed by atoms with van der Waals surface area (Å²) in [6, 6.07) is 6.47. The van der Waals surface area contributed by atoms with Gasteiger partial charge in [-0.3, -0.25) is 4.79 Å². The van der Waals surface area contributed by atoms with E-state index in [-0.39, 0.29) is 18.9 Å². The van der Waals surface area contributed by atoms with Crippen LogP contribution < -0.4 is 0 Å². The van der Waals surface area contributed by atoms with E-state index in [0.717, 1.165) is 4.90 Å². The third kappa shape index (κ3) is 2.96. The molecule has 0 saturated carbocycles. The van der Waals surface area contributed by atoms with Crippen molar-refractivity contribution < 1.29 is 19.4 Å². The fourth-order valence-electron chi connectivity index (χ4n) is 2.30. The number of likely N-dealkylation sites (tertiary alicyclic amines) is 1. The molecule has 1 aromatic rings. The van der Waals surface area contributed by atoms with Gasteiger partial charge in [-0.05, 0) is 30.5 Å². The summed E-state index contributed by atoms with van der Waals surface area (Å²) >= 11 is 1.59. The first kappa shape index (κ1) is 14.9. The van der Waals surface area contributed by atoms with Gasteiger partial charge in [0.15, 0.2) is 0 Å². The molecule has 0 aliphatic carbocycles. The Kier molecular flexibility index (Phi) is 4.67. The third-order valence-electron chi connectivity index (χ3n) is 3.35. The van der Waals surface area contributed by atoms with Gasteiger partial charge < -0.3 is 14.7 Å². The number of nitrogens with zero attached hydrogens (tertiary/aromatic N) is 1. The van der Waals surface area contributed by atoms with Gasteiger partial charge >= 0.3 is 5.97 Å². The monoisotopic (exact) mass is 295 g/mol. The number of hydrogen-bond donors (Lipinski definition) is 1. The van der Waals surface area contributed by atoms with E-state index in [1.165, 1.54) is 12.0 Å². The minimum absolute atomic E-state index is 0.156. The second kappa shape index (κ2) is 6.28. The SMILES string of the molecule is COC(=O)C1CC(O)CN1C(=O)c1ccc(SC)cc1. The molecule has 1 amide bonds. The molecule has 1 aliphatic heterocycles. The first-order chi connectivity index (χ1) is 9.56. The molecule has 6 heteroatoms. The van der Waals surface area contributed by atoms with Gasteiger partial charge in [0, 0.05) is 23.4 Å². The molecule has 2 atom stereocenters. The number of rotatable bonds is 3. The van der Waals surface area contributed by atoms with Gasteiger partial charge in [-0.25, -0.2) is 4.79 Å². The van der Waals surface area contributed by atoms with Crippen molar-refractivity contribution in [2.45, 2.75) is 23.5 Å². The number of carbonyl (C=O) groups excluding carboxylic acids is 2. The highest BCUT2D eigenvalue weighted by atomic mass is 32.2. The Bertz CT molecular complexity index is 502. The summed E-state index contributed by atoms with van der Waals surface area (Å²) in [6.07, 6.45) is 1.50. The van der Waals surface area contributed by atoms with E-state index in [9.17, 15) is 14.7 Å². The van der Waals surface area contributed by atoms with E-state index in [1.54, 1.807) is 23.9 Å². The number of amides is 1. The molecule has 0 spiro atoms. The molecule has 108 valence electrons. The number of methoxy groups -OCH3 is 1. The van der Waals surface area contributed by atoms with Gasteiger partial charge in [-0.15, -0.1) is 11.8 Å². The van der Waals surface area contributed by atoms with Crippen molar-refractivity contribution in [3.63, 3.8) is 0 Å². The smallest absolute Gasteiger partial charge is 0.328 e. The zero-order valence-corrected chi connectivity index (χ0v) is 12.2. The number of aliphatic hydroxyl groups excluding tert-OH is 1. The average molecular weight is 295 g/mol. The minimum Gasteiger partial charge on any atom is -0.467 e. The summed E-state index contributed by atoms with van der Waals surface area (Å²) in [5, 5.41) is 9.69. The van der Waals surface area contributed by atoms with Crippen molar-refractivity contribution in [1.29, 1.82) is 0 Å². The Hall–Kier alpha value is -1.53. The van der Waals surface area contributed by atoms with E-state index in [1.807, 2.05) is 18.4 Å². The lowest BCUT2D eigenvalue weighted by Crippen LogP contribution is -2.41. The van der Waals surface area contributed by atoms with Crippen LogP contribution in [0.2, 0.25) is 0 Å². The molecular formula is C14H17NO4S. The molecule has 1 fully saturated rings. The molecule has 1 heterocycles. The molecule has 1 saturated heterocycles. The number of ether oxygens (including phenoxy) is 1. The molecule has 1 N–H and O–H groups in total. The lowest BCUT2D eigenvalue weighted by molar-refractivity contribution is -0.145. The van der Waals surface area contributed by atoms with Crippen molar-refractivity contribution in [3.05, 3.63) is 29.8 Å². The molecule has 0 aromatic heterocycles. The second-order valence-electron chi connectivity index (χ2n) is 4.61. The van der Waals surface area contributed by atoms with Crippen LogP contribution in [0.3, 0.4) is 0 Å². The fraction of sp³-hybridized carbons (Fsp3) is 0.429. The Morgan fingerprint density at radius 1 is 1.35 bits per heavy atom. The highest BCUT2D eigenvalue weighted by Gasteiger charge is 2.39. The predicted molar refractivity (Wildman–Crippen MR) is 75.7 cm³/mol. The van der Waals surface area contributed by atoms with Crippen molar-refractivity contribution >= 4 is 23.6 Å². The topological polar surface area (TPSA) is 66.8 Å². The zero-order chi connectivity index (χ0) is 14.7. The number of benzene rings is 1. The normalized spacial score (nSPS) is 21.9. The van der Waals surface area contributed by atoms with Gasteiger partial charge in [0.2, 0.25) is 0 Å². The Labute approximate surface area is 121 Å². The van der Waals surface area contributed by atoms with Crippen LogP contribution >= 0.6 is 11.8 Å². The third-order valence-corrected chi connectivity index (χ3v) is 4.09. The van der Waals surface area contributed by atoms with Gasteiger partial charge in [-0.2, -0.15) is 0 Å². The number of hydrogen-bond acceptors (Lipinski definition) is 5. The molecule has 1 aromatic carbocycles. The van der Waals surface area contributed by atoms with Gasteiger partial charge in [0.25, 0.3) is 5.91 Å². The van der Waals surface area contributed by atoms with E-state index >= 15 is 0 Å². The minimum atomic E-state index is -0.706. The summed E-state index contributed by atoms with van der Waals surface area (Å²) in [5.41, 5.74) is 0.505. The zero-order valence-electron chi connectivity index (χ0n) is 11.4. The van der Waals surface area contributed by atoms with Crippen LogP contribution in [0.5, 0.6) is 0 Å². The van der Waals surface area contributed by atoms with Gasteiger partial charge in [0.1, 0.15) is 6.04 Å². The number of β-amino-alcohol motifs (C(OH)–C–C–N with tert-alkyl or cyclic N) is 1. The highest BCUT2D eigenvalue weighted by Crippen LogP contribution is 2.23. The summed E-state index contributed by atoms with van der Waals surface area (Å²) < 4.78 is 4.69. The Morgan fingerprint density at radius 3 is 2.55 bits per heavy atom. The number of esters is 1. The molecule has 0 bridgehead atoms. The summed E-state index contributed by atoms with van der Waals surface area (Å²) in [7, 11) is 1.28. The van der Waals surface area contributed by atoms with Crippen LogP contribution in [0.4, 0.5) is 0 Å². The van der Waals surface area contributed by atoms with Crippen molar-refractivity contribution in [2.24, 2.45) is 0 Å². The van der Waals surface area contributed by atoms with Crippen LogP contribution in [0.15, 0.2) is 29.2 Å². The van der Waals surface area contributed by atoms with E-state index < -0.39 is 18.1 Å². The molecule has 0 radical (unpaired) electrons. The van der Waals surface area contributed by atoms with Crippen LogP contribution in [0, 0.1) is 0 Å². The van der Waals surface area contributed by atoms with Crippen LogP contribution in [-0.4, -0.2) is 53.9 Å². The molecule has 2 rings (SSSR count). The number of thioether (sulfide) groups is 1. The number of aliphatic hydroxyl groups is 1. The average Bonchev–Trinajstić information content (AvgIpc) is 2.87. The fourth-order valence-corrected chi connectivity index (χ4v) is 2.71. The summed E-state index contributed by atoms with van der Waals surface area (Å²) in [5.74, 6) is -0.750. The Morgan fingerprint density at radius 2 is 2.00 bits per heavy atom. The van der Waals surface area contributed by atoms with E-state index in [0.29, 0.717) is 5.56 Å². The Balaban J connectivity index is 2.19. The largest absolute Gasteiger partial charge is 0.467 e. The van der Waals surface area contributed by atoms with Crippen LogP contribution in [0.25, 0.3) is 0 Å². The molecule has 1 aliphatic rings. The lowest BCUT2D eigenvalue weighted by atomic mass is 10.1. The first-order valence-electron chi connectivity index (χ1n) is 6.27. The first-order valence-corrected chi connectivity index (χ1v) is 7.50. The van der Waals surface area contributed by atoms with Gasteiger partial charge in [0.05, 0.1) is 13.2 Å². The molecular weight excluding hydrogens is 278 g/mol. The standard InChI is InChI=1S/C14H17NO4S/c1-19-14(18)12-7-10(16)8-15(12)13(17)9-3-5-11(20-2)6-4-9/h3-6,10,12,16H,7-8H2,1-2H3. The molecule has 5 nitrogen and oxygen atoms in total. The van der Waals surface area contributed by atoms with Gasteiger partial charge in [-0.1, -0.05) is 0 Å². The second-order valence-corrected chi connectivity index (χ2v) is 5.49. The van der Waals surface area contributed by atoms with Crippen LogP contribution in [-0.2, 0) is 9.53 Å². The highest BCUT2D eigenvalue weighted by molar-refractivity contribution is 7.98. The van der Waals surface area contributed by atoms with E-state index in [2.05, 4.69) is 4.74 Å². The predicted octanol–water partition coefficient (Wildman–Crippen LogP) is 1.16. The van der Waals surface area contributed by atoms with Crippen molar-refractivity contribution in [2.75, 3.05) is 19.9 Å². The number of carbonyl (C=O) groups is 2. The van der Waals surface area contributed by atoms with Crippen molar-refractivity contribution in [1.82, 2.24) is 4.90 Å². The van der Waals surface area contributed by atoms with E-state index in [4.69, 9.17) is 0 Å². The van der Waals surface area contributed by atoms with Crippen LogP contribution in [0.1, 0.15) is 16.8 Å². The lowest BCUT2D eigenvalue weighted by Gasteiger charge is -2.22. The van der Waals surface area contributed by atoms with Crippen molar-refractivity contribution in [3.8, 4) is 0 Å². The quantitative estimate of drug-likeness (QED) is 0.669. The summed E-state index contributed by atoms with van der Waals surface area (Å²) in [6.45, 7) is 0.156. The molecule has 20 heavy (non-hydrogen) atoms. The maximum atomic E-state index is 12.4. The maximum absolute atomic E-state index is 12.4. The molecule has 2 unspecified atom stereocenters. The maximum Gasteiger partial charge on any atom is 0.328 e.